The number of rotatable bonds is 3. The van der Waals surface area contributed by atoms with Gasteiger partial charge in [-0.2, -0.15) is 0 Å². The first kappa shape index (κ1) is 18.4. The summed E-state index contributed by atoms with van der Waals surface area (Å²) >= 11 is 9.24. The summed E-state index contributed by atoms with van der Waals surface area (Å²) in [5, 5.41) is 5.27. The summed E-state index contributed by atoms with van der Waals surface area (Å²) < 4.78 is 23.2. The lowest BCUT2D eigenvalue weighted by Crippen LogP contribution is -2.34. The van der Waals surface area contributed by atoms with Crippen LogP contribution in [0.1, 0.15) is 31.1 Å². The van der Waals surface area contributed by atoms with E-state index in [9.17, 15) is 13.2 Å². The standard InChI is InChI=1S/C13H18BrClN2O3S/c1-13(2,3)7-17(4)12(18)9-5-8(21(16,19)20)6-10(14)11(9)15/h5-6H,7H2,1-4H3,(H2,16,19,20). The van der Waals surface area contributed by atoms with Gasteiger partial charge < -0.3 is 4.90 Å². The average Bonchev–Trinajstić information content (AvgIpc) is 2.27. The minimum absolute atomic E-state index is 0.0916. The van der Waals surface area contributed by atoms with Crippen molar-refractivity contribution in [2.75, 3.05) is 13.6 Å². The summed E-state index contributed by atoms with van der Waals surface area (Å²) in [6, 6.07) is 2.47. The second-order valence-corrected chi connectivity index (χ2v) is 8.83. The molecule has 5 nitrogen and oxygen atoms in total. The quantitative estimate of drug-likeness (QED) is 0.851. The van der Waals surface area contributed by atoms with Crippen LogP contribution in [0.15, 0.2) is 21.5 Å². The number of primary sulfonamides is 1. The minimum Gasteiger partial charge on any atom is -0.341 e. The van der Waals surface area contributed by atoms with E-state index >= 15 is 0 Å². The SMILES string of the molecule is CN(CC(C)(C)C)C(=O)c1cc(S(N)(=O)=O)cc(Br)c1Cl. The van der Waals surface area contributed by atoms with Gasteiger partial charge in [-0.25, -0.2) is 13.6 Å². The average molecular weight is 398 g/mol. The summed E-state index contributed by atoms with van der Waals surface area (Å²) in [4.78, 5) is 13.8. The molecule has 1 aromatic rings. The Labute approximate surface area is 138 Å². The van der Waals surface area contributed by atoms with E-state index in [4.69, 9.17) is 16.7 Å². The molecule has 0 heterocycles. The molecule has 0 spiro atoms. The third kappa shape index (κ3) is 4.95. The highest BCUT2D eigenvalue weighted by atomic mass is 79.9. The van der Waals surface area contributed by atoms with Crippen molar-refractivity contribution in [3.05, 3.63) is 27.2 Å². The molecule has 0 radical (unpaired) electrons. The van der Waals surface area contributed by atoms with Crippen molar-refractivity contribution in [3.8, 4) is 0 Å². The van der Waals surface area contributed by atoms with Crippen molar-refractivity contribution in [2.24, 2.45) is 10.6 Å². The molecule has 0 atom stereocenters. The zero-order valence-electron chi connectivity index (χ0n) is 12.3. The van der Waals surface area contributed by atoms with E-state index in [0.29, 0.717) is 11.0 Å². The third-order valence-electron chi connectivity index (χ3n) is 2.62. The lowest BCUT2D eigenvalue weighted by atomic mass is 9.96. The first-order valence-corrected chi connectivity index (χ1v) is 8.82. The predicted molar refractivity (Wildman–Crippen MR) is 86.9 cm³/mol. The Morgan fingerprint density at radius 1 is 1.38 bits per heavy atom. The normalized spacial score (nSPS) is 12.3. The molecule has 118 valence electrons. The van der Waals surface area contributed by atoms with Gasteiger partial charge in [-0.15, -0.1) is 0 Å². The van der Waals surface area contributed by atoms with E-state index in [1.54, 1.807) is 7.05 Å². The highest BCUT2D eigenvalue weighted by molar-refractivity contribution is 9.10. The molecule has 1 aromatic carbocycles. The van der Waals surface area contributed by atoms with Crippen molar-refractivity contribution in [1.29, 1.82) is 0 Å². The van der Waals surface area contributed by atoms with Crippen LogP contribution in [0.2, 0.25) is 5.02 Å². The van der Waals surface area contributed by atoms with Gasteiger partial charge in [-0.3, -0.25) is 4.79 Å². The Bertz CT molecular complexity index is 669. The fraction of sp³-hybridized carbons (Fsp3) is 0.462. The Morgan fingerprint density at radius 3 is 2.33 bits per heavy atom. The Balaban J connectivity index is 3.30. The van der Waals surface area contributed by atoms with Gasteiger partial charge in [-0.05, 0) is 33.5 Å². The van der Waals surface area contributed by atoms with Gasteiger partial charge in [0.25, 0.3) is 5.91 Å². The molecule has 0 saturated carbocycles. The van der Waals surface area contributed by atoms with Crippen molar-refractivity contribution in [3.63, 3.8) is 0 Å². The van der Waals surface area contributed by atoms with Gasteiger partial charge in [0.1, 0.15) is 0 Å². The molecule has 21 heavy (non-hydrogen) atoms. The van der Waals surface area contributed by atoms with Gasteiger partial charge >= 0.3 is 0 Å². The molecule has 1 rings (SSSR count). The van der Waals surface area contributed by atoms with Crippen LogP contribution >= 0.6 is 27.5 Å². The van der Waals surface area contributed by atoms with E-state index < -0.39 is 10.0 Å². The number of carbonyl (C=O) groups is 1. The molecule has 8 heteroatoms. The van der Waals surface area contributed by atoms with Crippen LogP contribution in [0.3, 0.4) is 0 Å². The lowest BCUT2D eigenvalue weighted by Gasteiger charge is -2.27. The molecule has 0 fully saturated rings. The van der Waals surface area contributed by atoms with Crippen molar-refractivity contribution >= 4 is 43.5 Å². The minimum atomic E-state index is -3.92. The number of halogens is 2. The third-order valence-corrected chi connectivity index (χ3v) is 4.77. The number of nitrogens with zero attached hydrogens (tertiary/aromatic N) is 1. The van der Waals surface area contributed by atoms with Gasteiger partial charge in [-0.1, -0.05) is 32.4 Å². The van der Waals surface area contributed by atoms with Crippen LogP contribution in [-0.4, -0.2) is 32.8 Å². The largest absolute Gasteiger partial charge is 0.341 e. The summed E-state index contributed by atoms with van der Waals surface area (Å²) in [5.74, 6) is -0.360. The zero-order chi connectivity index (χ0) is 16.6. The van der Waals surface area contributed by atoms with E-state index in [0.717, 1.165) is 0 Å². The Kier molecular flexibility index (Phi) is 5.47. The molecule has 1 amide bonds. The maximum atomic E-state index is 12.5. The van der Waals surface area contributed by atoms with Crippen LogP contribution in [0.25, 0.3) is 0 Å². The number of sulfonamides is 1. The topological polar surface area (TPSA) is 80.5 Å². The number of benzene rings is 1. The van der Waals surface area contributed by atoms with E-state index in [-0.39, 0.29) is 26.8 Å². The number of hydrogen-bond acceptors (Lipinski definition) is 3. The van der Waals surface area contributed by atoms with Crippen LogP contribution in [0, 0.1) is 5.41 Å². The van der Waals surface area contributed by atoms with Crippen LogP contribution in [-0.2, 0) is 10.0 Å². The molecule has 2 N–H and O–H groups in total. The molecule has 0 aliphatic rings. The van der Waals surface area contributed by atoms with Gasteiger partial charge in [0.2, 0.25) is 10.0 Å². The molecule has 0 saturated heterocycles. The monoisotopic (exact) mass is 396 g/mol. The molecular formula is C13H18BrClN2O3S. The lowest BCUT2D eigenvalue weighted by molar-refractivity contribution is 0.0745. The zero-order valence-corrected chi connectivity index (χ0v) is 15.4. The van der Waals surface area contributed by atoms with Gasteiger partial charge in [0.15, 0.2) is 0 Å². The first-order chi connectivity index (χ1) is 9.33. The summed E-state index contributed by atoms with van der Waals surface area (Å²) in [7, 11) is -2.28. The van der Waals surface area contributed by atoms with Gasteiger partial charge in [0.05, 0.1) is 15.5 Å². The number of hydrogen-bond donors (Lipinski definition) is 1. The van der Waals surface area contributed by atoms with Crippen LogP contribution < -0.4 is 5.14 Å². The smallest absolute Gasteiger partial charge is 0.255 e. The fourth-order valence-corrected chi connectivity index (χ4v) is 3.24. The highest BCUT2D eigenvalue weighted by Crippen LogP contribution is 2.30. The van der Waals surface area contributed by atoms with E-state index in [1.807, 2.05) is 20.8 Å². The predicted octanol–water partition coefficient (Wildman–Crippen LogP) is 2.87. The molecule has 0 aliphatic heterocycles. The second kappa shape index (κ2) is 6.24. The number of nitrogens with two attached hydrogens (primary N) is 1. The summed E-state index contributed by atoms with van der Waals surface area (Å²) in [5.41, 5.74) is 0.00731. The maximum absolute atomic E-state index is 12.5. The summed E-state index contributed by atoms with van der Waals surface area (Å²) in [6.45, 7) is 6.48. The molecule has 0 unspecified atom stereocenters. The molecule has 0 aromatic heterocycles. The highest BCUT2D eigenvalue weighted by Gasteiger charge is 2.23. The molecular weight excluding hydrogens is 380 g/mol. The molecule has 0 bridgehead atoms. The van der Waals surface area contributed by atoms with Gasteiger partial charge in [0, 0.05) is 18.1 Å². The van der Waals surface area contributed by atoms with E-state index in [1.165, 1.54) is 17.0 Å². The second-order valence-electron chi connectivity index (χ2n) is 6.03. The van der Waals surface area contributed by atoms with E-state index in [2.05, 4.69) is 15.9 Å². The Hall–Kier alpha value is -0.630. The number of carbonyl (C=O) groups excluding carboxylic acids is 1. The Morgan fingerprint density at radius 2 is 1.90 bits per heavy atom. The maximum Gasteiger partial charge on any atom is 0.255 e. The van der Waals surface area contributed by atoms with Crippen molar-refractivity contribution < 1.29 is 13.2 Å². The van der Waals surface area contributed by atoms with Crippen LogP contribution in [0.4, 0.5) is 0 Å². The van der Waals surface area contributed by atoms with Crippen molar-refractivity contribution in [2.45, 2.75) is 25.7 Å². The first-order valence-electron chi connectivity index (χ1n) is 6.10. The van der Waals surface area contributed by atoms with Crippen molar-refractivity contribution in [1.82, 2.24) is 4.90 Å². The molecule has 0 aliphatic carbocycles. The fourth-order valence-electron chi connectivity index (χ4n) is 1.87. The van der Waals surface area contributed by atoms with Crippen LogP contribution in [0.5, 0.6) is 0 Å². The summed E-state index contributed by atoms with van der Waals surface area (Å²) in [6.07, 6.45) is 0. The number of amides is 1.